The number of nitrogens with zero attached hydrogens (tertiary/aromatic N) is 2. The third-order valence-corrected chi connectivity index (χ3v) is 5.44. The molecule has 3 nitrogen and oxygen atoms in total. The Morgan fingerprint density at radius 3 is 2.78 bits per heavy atom. The van der Waals surface area contributed by atoms with Gasteiger partial charge in [-0.25, -0.2) is 9.97 Å². The number of nitrogens with two attached hydrogens (primary N) is 1. The van der Waals surface area contributed by atoms with Crippen molar-refractivity contribution in [2.45, 2.75) is 13.5 Å². The minimum absolute atomic E-state index is 0.469. The van der Waals surface area contributed by atoms with Gasteiger partial charge >= 0.3 is 0 Å². The summed E-state index contributed by atoms with van der Waals surface area (Å²) >= 11 is 9.37. The Morgan fingerprint density at radius 2 is 2.11 bits per heavy atom. The molecule has 0 aliphatic rings. The van der Waals surface area contributed by atoms with Crippen LogP contribution in [-0.2, 0) is 6.54 Å². The minimum atomic E-state index is 0.469. The van der Waals surface area contributed by atoms with Crippen LogP contribution in [0.2, 0.25) is 5.02 Å². The van der Waals surface area contributed by atoms with Crippen molar-refractivity contribution in [1.29, 1.82) is 0 Å². The van der Waals surface area contributed by atoms with Crippen molar-refractivity contribution < 1.29 is 0 Å². The number of fused-ring (bicyclic) bond motifs is 1. The van der Waals surface area contributed by atoms with Crippen molar-refractivity contribution in [1.82, 2.24) is 9.97 Å². The first-order chi connectivity index (χ1) is 8.69. The van der Waals surface area contributed by atoms with E-state index in [0.717, 1.165) is 35.8 Å². The number of halogens is 1. The number of benzene rings is 1. The first-order valence-electron chi connectivity index (χ1n) is 5.41. The maximum atomic E-state index is 6.17. The lowest BCUT2D eigenvalue weighted by molar-refractivity contribution is 1.02. The largest absolute Gasteiger partial charge is 0.325 e. The first-order valence-corrected chi connectivity index (χ1v) is 7.42. The predicted molar refractivity (Wildman–Crippen MR) is 78.4 cm³/mol. The normalized spacial score (nSPS) is 11.3. The van der Waals surface area contributed by atoms with E-state index in [1.54, 1.807) is 22.7 Å². The molecule has 3 rings (SSSR count). The van der Waals surface area contributed by atoms with E-state index >= 15 is 0 Å². The van der Waals surface area contributed by atoms with Crippen LogP contribution in [0.25, 0.3) is 20.1 Å². The Morgan fingerprint density at radius 1 is 1.28 bits per heavy atom. The van der Waals surface area contributed by atoms with Gasteiger partial charge in [-0.3, -0.25) is 0 Å². The summed E-state index contributed by atoms with van der Waals surface area (Å²) in [5.41, 5.74) is 7.54. The van der Waals surface area contributed by atoms with Crippen molar-refractivity contribution in [2.75, 3.05) is 0 Å². The van der Waals surface area contributed by atoms with Gasteiger partial charge in [-0.15, -0.1) is 22.7 Å². The third-order valence-electron chi connectivity index (χ3n) is 2.58. The summed E-state index contributed by atoms with van der Waals surface area (Å²) in [6.45, 7) is 2.45. The molecule has 0 unspecified atom stereocenters. The molecule has 92 valence electrons. The van der Waals surface area contributed by atoms with E-state index in [2.05, 4.69) is 9.97 Å². The average molecular weight is 296 g/mol. The molecule has 0 aliphatic heterocycles. The molecule has 1 aromatic carbocycles. The molecule has 0 bridgehead atoms. The number of aryl methyl sites for hydroxylation is 1. The van der Waals surface area contributed by atoms with Crippen molar-refractivity contribution in [2.24, 2.45) is 5.73 Å². The highest BCUT2D eigenvalue weighted by Crippen LogP contribution is 2.38. The van der Waals surface area contributed by atoms with Crippen LogP contribution in [0.4, 0.5) is 0 Å². The summed E-state index contributed by atoms with van der Waals surface area (Å²) in [6, 6.07) is 5.77. The summed E-state index contributed by atoms with van der Waals surface area (Å²) in [7, 11) is 0. The molecule has 0 atom stereocenters. The standard InChI is InChI=1S/C12H10ClN3S2/c1-6-10(17-9(5-14)15-6)12-16-8-4-2-3-7(13)11(8)18-12/h2-4H,5,14H2,1H3. The van der Waals surface area contributed by atoms with E-state index in [4.69, 9.17) is 17.3 Å². The average Bonchev–Trinajstić information content (AvgIpc) is 2.93. The number of hydrogen-bond acceptors (Lipinski definition) is 5. The molecule has 18 heavy (non-hydrogen) atoms. The van der Waals surface area contributed by atoms with Gasteiger partial charge in [-0.2, -0.15) is 0 Å². The van der Waals surface area contributed by atoms with Crippen molar-refractivity contribution in [3.63, 3.8) is 0 Å². The Balaban J connectivity index is 2.19. The van der Waals surface area contributed by atoms with Crippen LogP contribution in [0, 0.1) is 6.92 Å². The first kappa shape index (κ1) is 12.0. The Kier molecular flexibility index (Phi) is 3.07. The third kappa shape index (κ3) is 1.93. The van der Waals surface area contributed by atoms with E-state index in [0.29, 0.717) is 6.54 Å². The van der Waals surface area contributed by atoms with Crippen molar-refractivity contribution in [3.8, 4) is 9.88 Å². The lowest BCUT2D eigenvalue weighted by atomic mass is 10.3. The second-order valence-electron chi connectivity index (χ2n) is 3.83. The quantitative estimate of drug-likeness (QED) is 0.781. The van der Waals surface area contributed by atoms with Crippen LogP contribution in [0.15, 0.2) is 18.2 Å². The van der Waals surface area contributed by atoms with Crippen LogP contribution in [0.1, 0.15) is 10.7 Å². The molecule has 2 N–H and O–H groups in total. The van der Waals surface area contributed by atoms with Crippen LogP contribution < -0.4 is 5.73 Å². The molecule has 0 radical (unpaired) electrons. The maximum Gasteiger partial charge on any atom is 0.136 e. The lowest BCUT2D eigenvalue weighted by Gasteiger charge is -1.89. The van der Waals surface area contributed by atoms with Gasteiger partial charge in [0.2, 0.25) is 0 Å². The number of hydrogen-bond donors (Lipinski definition) is 1. The maximum absolute atomic E-state index is 6.17. The fraction of sp³-hybridized carbons (Fsp3) is 0.167. The van der Waals surface area contributed by atoms with E-state index in [1.165, 1.54) is 0 Å². The smallest absolute Gasteiger partial charge is 0.136 e. The number of thiazole rings is 2. The molecule has 2 heterocycles. The van der Waals surface area contributed by atoms with Crippen LogP contribution >= 0.6 is 34.3 Å². The molecule has 0 saturated heterocycles. The van der Waals surface area contributed by atoms with E-state index in [1.807, 2.05) is 25.1 Å². The number of rotatable bonds is 2. The molecule has 0 saturated carbocycles. The Labute approximate surface area is 117 Å². The second-order valence-corrected chi connectivity index (χ2v) is 6.32. The Hall–Kier alpha value is -1.01. The summed E-state index contributed by atoms with van der Waals surface area (Å²) in [6.07, 6.45) is 0. The topological polar surface area (TPSA) is 51.8 Å². The zero-order valence-electron chi connectivity index (χ0n) is 9.61. The molecule has 2 aromatic heterocycles. The molecular weight excluding hydrogens is 286 g/mol. The van der Waals surface area contributed by atoms with Crippen LogP contribution in [0.3, 0.4) is 0 Å². The summed E-state index contributed by atoms with van der Waals surface area (Å²) in [5, 5.41) is 2.65. The van der Waals surface area contributed by atoms with Gasteiger partial charge in [0.25, 0.3) is 0 Å². The predicted octanol–water partition coefficient (Wildman–Crippen LogP) is 3.84. The van der Waals surface area contributed by atoms with E-state index in [-0.39, 0.29) is 0 Å². The zero-order chi connectivity index (χ0) is 12.7. The highest BCUT2D eigenvalue weighted by atomic mass is 35.5. The van der Waals surface area contributed by atoms with Gasteiger partial charge < -0.3 is 5.73 Å². The highest BCUT2D eigenvalue weighted by Gasteiger charge is 2.14. The Bertz CT molecular complexity index is 717. The summed E-state index contributed by atoms with van der Waals surface area (Å²) < 4.78 is 1.02. The fourth-order valence-electron chi connectivity index (χ4n) is 1.75. The molecule has 0 aliphatic carbocycles. The van der Waals surface area contributed by atoms with Crippen LogP contribution in [0.5, 0.6) is 0 Å². The second kappa shape index (κ2) is 4.59. The fourth-order valence-corrected chi connectivity index (χ4v) is 4.08. The molecule has 3 aromatic rings. The summed E-state index contributed by atoms with van der Waals surface area (Å²) in [5.74, 6) is 0. The van der Waals surface area contributed by atoms with Crippen LogP contribution in [-0.4, -0.2) is 9.97 Å². The zero-order valence-corrected chi connectivity index (χ0v) is 12.0. The molecule has 0 spiro atoms. The summed E-state index contributed by atoms with van der Waals surface area (Å²) in [4.78, 5) is 10.1. The van der Waals surface area contributed by atoms with Gasteiger partial charge in [-0.1, -0.05) is 17.7 Å². The highest BCUT2D eigenvalue weighted by molar-refractivity contribution is 7.26. The molecule has 0 fully saturated rings. The van der Waals surface area contributed by atoms with Gasteiger partial charge in [0.1, 0.15) is 10.0 Å². The number of aromatic nitrogens is 2. The minimum Gasteiger partial charge on any atom is -0.325 e. The van der Waals surface area contributed by atoms with E-state index < -0.39 is 0 Å². The molecular formula is C12H10ClN3S2. The van der Waals surface area contributed by atoms with Gasteiger partial charge in [-0.05, 0) is 19.1 Å². The van der Waals surface area contributed by atoms with E-state index in [9.17, 15) is 0 Å². The van der Waals surface area contributed by atoms with Crippen molar-refractivity contribution in [3.05, 3.63) is 33.9 Å². The molecule has 0 amide bonds. The van der Waals surface area contributed by atoms with Crippen molar-refractivity contribution >= 4 is 44.5 Å². The van der Waals surface area contributed by atoms with Gasteiger partial charge in [0.15, 0.2) is 0 Å². The SMILES string of the molecule is Cc1nc(CN)sc1-c1nc2cccc(Cl)c2s1. The van der Waals surface area contributed by atoms with Gasteiger partial charge in [0.05, 0.1) is 25.8 Å². The monoisotopic (exact) mass is 295 g/mol. The lowest BCUT2D eigenvalue weighted by Crippen LogP contribution is -1.94. The molecule has 6 heteroatoms. The van der Waals surface area contributed by atoms with Gasteiger partial charge in [0, 0.05) is 6.54 Å².